The first-order valence-electron chi connectivity index (χ1n) is 7.07. The van der Waals surface area contributed by atoms with Crippen molar-refractivity contribution in [2.24, 2.45) is 0 Å². The Morgan fingerprint density at radius 1 is 1.21 bits per heavy atom. The molecule has 0 unspecified atom stereocenters. The molecule has 0 radical (unpaired) electrons. The van der Waals surface area contributed by atoms with Crippen LogP contribution in [0.2, 0.25) is 0 Å². The summed E-state index contributed by atoms with van der Waals surface area (Å²) in [5, 5.41) is 4.58. The number of fused-ring (bicyclic) bond motifs is 1. The van der Waals surface area contributed by atoms with Gasteiger partial charge in [0.05, 0.1) is 18.2 Å². The molecule has 9 heteroatoms. The van der Waals surface area contributed by atoms with Crippen LogP contribution in [0.1, 0.15) is 5.82 Å². The second kappa shape index (κ2) is 6.17. The van der Waals surface area contributed by atoms with Crippen molar-refractivity contribution in [3.63, 3.8) is 0 Å². The van der Waals surface area contributed by atoms with Gasteiger partial charge in [-0.25, -0.2) is 17.7 Å². The Balaban J connectivity index is 2.06. The van der Waals surface area contributed by atoms with Gasteiger partial charge in [0.1, 0.15) is 5.75 Å². The predicted molar refractivity (Wildman–Crippen MR) is 87.9 cm³/mol. The molecule has 0 saturated heterocycles. The number of hydrogen-bond acceptors (Lipinski definition) is 7. The molecule has 2 heterocycles. The van der Waals surface area contributed by atoms with E-state index < -0.39 is 10.0 Å². The first-order valence-corrected chi connectivity index (χ1v) is 8.68. The Hall–Kier alpha value is -2.52. The predicted octanol–water partition coefficient (Wildman–Crippen LogP) is 1.68. The van der Waals surface area contributed by atoms with Crippen molar-refractivity contribution in [1.29, 1.82) is 0 Å². The number of benzene rings is 1. The number of rotatable bonds is 5. The number of hydrogen-bond donors (Lipinski definition) is 0. The molecule has 24 heavy (non-hydrogen) atoms. The molecule has 0 bridgehead atoms. The van der Waals surface area contributed by atoms with Crippen molar-refractivity contribution in [2.75, 3.05) is 21.2 Å². The van der Waals surface area contributed by atoms with Crippen molar-refractivity contribution >= 4 is 20.9 Å². The van der Waals surface area contributed by atoms with Crippen molar-refractivity contribution in [3.8, 4) is 17.3 Å². The van der Waals surface area contributed by atoms with E-state index in [2.05, 4.69) is 15.1 Å². The van der Waals surface area contributed by atoms with Crippen molar-refractivity contribution < 1.29 is 17.7 Å². The van der Waals surface area contributed by atoms with Gasteiger partial charge in [0.15, 0.2) is 5.82 Å². The molecule has 1 aromatic carbocycles. The highest BCUT2D eigenvalue weighted by Gasteiger charge is 2.20. The average Bonchev–Trinajstić information content (AvgIpc) is 3.01. The molecule has 0 aliphatic rings. The maximum Gasteiger partial charge on any atom is 0.258 e. The van der Waals surface area contributed by atoms with Crippen LogP contribution in [0.5, 0.6) is 5.88 Å². The standard InChI is InChI=1S/C15H16N4O4S/c1-19(2)24(20,21)9-13-17-15(23-18-13)11-8-14(22-3)16-12-7-5-4-6-10(11)12/h4-8H,9H2,1-3H3. The zero-order valence-corrected chi connectivity index (χ0v) is 14.2. The maximum absolute atomic E-state index is 11.9. The Kier molecular flexibility index (Phi) is 4.20. The Morgan fingerprint density at radius 2 is 1.96 bits per heavy atom. The monoisotopic (exact) mass is 348 g/mol. The van der Waals surface area contributed by atoms with Gasteiger partial charge in [-0.15, -0.1) is 0 Å². The first-order chi connectivity index (χ1) is 11.4. The third-order valence-electron chi connectivity index (χ3n) is 3.47. The van der Waals surface area contributed by atoms with Crippen LogP contribution in [-0.4, -0.2) is 49.1 Å². The van der Waals surface area contributed by atoms with E-state index in [9.17, 15) is 8.42 Å². The summed E-state index contributed by atoms with van der Waals surface area (Å²) < 4.78 is 35.4. The molecule has 3 rings (SSSR count). The van der Waals surface area contributed by atoms with Crippen molar-refractivity contribution in [1.82, 2.24) is 19.4 Å². The first kappa shape index (κ1) is 16.3. The number of ether oxygens (including phenoxy) is 1. The van der Waals surface area contributed by atoms with E-state index in [0.717, 1.165) is 9.69 Å². The summed E-state index contributed by atoms with van der Waals surface area (Å²) in [6.45, 7) is 0. The highest BCUT2D eigenvalue weighted by molar-refractivity contribution is 7.88. The molecule has 2 aromatic heterocycles. The Morgan fingerprint density at radius 3 is 2.67 bits per heavy atom. The highest BCUT2D eigenvalue weighted by atomic mass is 32.2. The zero-order chi connectivity index (χ0) is 17.3. The van der Waals surface area contributed by atoms with Crippen LogP contribution in [0.4, 0.5) is 0 Å². The lowest BCUT2D eigenvalue weighted by molar-refractivity contribution is 0.398. The van der Waals surface area contributed by atoms with Crippen LogP contribution in [-0.2, 0) is 15.8 Å². The maximum atomic E-state index is 11.9. The molecule has 8 nitrogen and oxygen atoms in total. The summed E-state index contributed by atoms with van der Waals surface area (Å²) in [6, 6.07) is 9.13. The quantitative estimate of drug-likeness (QED) is 0.692. The second-order valence-corrected chi connectivity index (χ2v) is 7.47. The molecule has 0 aliphatic carbocycles. The van der Waals surface area contributed by atoms with E-state index in [1.165, 1.54) is 21.2 Å². The Bertz CT molecular complexity index is 982. The number of nitrogens with zero attached hydrogens (tertiary/aromatic N) is 4. The molecule has 0 saturated carbocycles. The van der Waals surface area contributed by atoms with Crippen molar-refractivity contribution in [2.45, 2.75) is 5.75 Å². The Labute approximate surface area is 139 Å². The van der Waals surface area contributed by atoms with Crippen LogP contribution in [0.15, 0.2) is 34.9 Å². The van der Waals surface area contributed by atoms with Gasteiger partial charge in [0.25, 0.3) is 5.89 Å². The molecule has 0 N–H and O–H groups in total. The van der Waals surface area contributed by atoms with E-state index in [4.69, 9.17) is 9.26 Å². The topological polar surface area (TPSA) is 98.4 Å². The third-order valence-corrected chi connectivity index (χ3v) is 5.20. The summed E-state index contributed by atoms with van der Waals surface area (Å²) >= 11 is 0. The minimum atomic E-state index is -3.46. The SMILES string of the molecule is COc1cc(-c2nc(CS(=O)(=O)N(C)C)no2)c2ccccc2n1. The summed E-state index contributed by atoms with van der Waals surface area (Å²) in [5.74, 6) is 0.391. The van der Waals surface area contributed by atoms with Gasteiger partial charge >= 0.3 is 0 Å². The molecule has 0 spiro atoms. The fraction of sp³-hybridized carbons (Fsp3) is 0.267. The van der Waals surface area contributed by atoms with Gasteiger partial charge in [0.2, 0.25) is 15.9 Å². The smallest absolute Gasteiger partial charge is 0.258 e. The van der Waals surface area contributed by atoms with E-state index in [0.29, 0.717) is 17.0 Å². The molecule has 126 valence electrons. The van der Waals surface area contributed by atoms with Crippen molar-refractivity contribution in [3.05, 3.63) is 36.2 Å². The van der Waals surface area contributed by atoms with E-state index >= 15 is 0 Å². The van der Waals surface area contributed by atoms with E-state index in [1.54, 1.807) is 6.07 Å². The number of para-hydroxylation sites is 1. The van der Waals surface area contributed by atoms with Gasteiger partial charge in [-0.05, 0) is 6.07 Å². The summed E-state index contributed by atoms with van der Waals surface area (Å²) in [4.78, 5) is 8.56. The zero-order valence-electron chi connectivity index (χ0n) is 13.4. The third kappa shape index (κ3) is 3.08. The average molecular weight is 348 g/mol. The molecule has 0 fully saturated rings. The minimum Gasteiger partial charge on any atom is -0.481 e. The molecule has 0 aliphatic heterocycles. The molecule has 0 amide bonds. The number of sulfonamides is 1. The largest absolute Gasteiger partial charge is 0.481 e. The fourth-order valence-corrected chi connectivity index (χ4v) is 2.85. The lowest BCUT2D eigenvalue weighted by Crippen LogP contribution is -2.24. The summed E-state index contributed by atoms with van der Waals surface area (Å²) in [7, 11) is 0.965. The van der Waals surface area contributed by atoms with Crippen LogP contribution in [0.25, 0.3) is 22.4 Å². The van der Waals surface area contributed by atoms with Crippen LogP contribution >= 0.6 is 0 Å². The van der Waals surface area contributed by atoms with E-state index in [-0.39, 0.29) is 17.5 Å². The fourth-order valence-electron chi connectivity index (χ4n) is 2.15. The summed E-state index contributed by atoms with van der Waals surface area (Å²) in [5.41, 5.74) is 1.35. The van der Waals surface area contributed by atoms with Gasteiger partial charge < -0.3 is 9.26 Å². The van der Waals surface area contributed by atoms with Gasteiger partial charge in [-0.1, -0.05) is 23.4 Å². The number of methoxy groups -OCH3 is 1. The van der Waals surface area contributed by atoms with Gasteiger partial charge in [-0.2, -0.15) is 4.98 Å². The highest BCUT2D eigenvalue weighted by Crippen LogP contribution is 2.30. The summed E-state index contributed by atoms with van der Waals surface area (Å²) in [6.07, 6.45) is 0. The molecule has 3 aromatic rings. The molecular formula is C15H16N4O4S. The lowest BCUT2D eigenvalue weighted by Gasteiger charge is -2.08. The van der Waals surface area contributed by atoms with Crippen LogP contribution < -0.4 is 4.74 Å². The molecular weight excluding hydrogens is 332 g/mol. The number of pyridine rings is 1. The lowest BCUT2D eigenvalue weighted by atomic mass is 10.1. The number of aromatic nitrogens is 3. The van der Waals surface area contributed by atoms with Gasteiger partial charge in [-0.3, -0.25) is 0 Å². The van der Waals surface area contributed by atoms with Gasteiger partial charge in [0, 0.05) is 25.5 Å². The van der Waals surface area contributed by atoms with Crippen LogP contribution in [0, 0.1) is 0 Å². The van der Waals surface area contributed by atoms with E-state index in [1.807, 2.05) is 24.3 Å². The minimum absolute atomic E-state index is 0.0959. The second-order valence-electron chi connectivity index (χ2n) is 5.28. The van der Waals surface area contributed by atoms with Crippen LogP contribution in [0.3, 0.4) is 0 Å². The normalized spacial score (nSPS) is 12.0. The molecule has 0 atom stereocenters.